The molecule has 0 saturated heterocycles. The summed E-state index contributed by atoms with van der Waals surface area (Å²) in [5, 5.41) is 5.32. The molecule has 0 atom stereocenters. The maximum atomic E-state index is 12.7. The maximum Gasteiger partial charge on any atom is 0.338 e. The van der Waals surface area contributed by atoms with Gasteiger partial charge in [-0.1, -0.05) is 18.2 Å². The molecule has 0 radical (unpaired) electrons. The predicted octanol–water partition coefficient (Wildman–Crippen LogP) is 4.42. The molecule has 0 aliphatic rings. The Kier molecular flexibility index (Phi) is 6.06. The predicted molar refractivity (Wildman–Crippen MR) is 140 cm³/mol. The highest BCUT2D eigenvalue weighted by Crippen LogP contribution is 2.31. The van der Waals surface area contributed by atoms with Crippen molar-refractivity contribution in [3.63, 3.8) is 0 Å². The summed E-state index contributed by atoms with van der Waals surface area (Å²) in [6.07, 6.45) is 3.07. The highest BCUT2D eigenvalue weighted by Gasteiger charge is 2.19. The zero-order chi connectivity index (χ0) is 26.8. The summed E-state index contributed by atoms with van der Waals surface area (Å²) in [4.78, 5) is 46.7. The summed E-state index contributed by atoms with van der Waals surface area (Å²) < 4.78 is 17.5. The van der Waals surface area contributed by atoms with Gasteiger partial charge in [0.15, 0.2) is 18.1 Å². The van der Waals surface area contributed by atoms with Crippen LogP contribution in [0.2, 0.25) is 0 Å². The normalized spacial score (nSPS) is 11.0. The van der Waals surface area contributed by atoms with Gasteiger partial charge in [-0.15, -0.1) is 0 Å². The van der Waals surface area contributed by atoms with Crippen LogP contribution in [-0.2, 0) is 9.53 Å². The van der Waals surface area contributed by atoms with E-state index in [2.05, 4.69) is 20.4 Å². The number of H-pyrrole nitrogens is 1. The number of amides is 1. The zero-order valence-corrected chi connectivity index (χ0v) is 20.2. The van der Waals surface area contributed by atoms with E-state index in [1.807, 2.05) is 6.07 Å². The van der Waals surface area contributed by atoms with Crippen LogP contribution in [0.25, 0.3) is 39.6 Å². The van der Waals surface area contributed by atoms with Gasteiger partial charge in [-0.05, 0) is 54.6 Å². The van der Waals surface area contributed by atoms with E-state index in [0.717, 1.165) is 0 Å². The molecule has 0 aliphatic carbocycles. The fourth-order valence-electron chi connectivity index (χ4n) is 3.98. The monoisotopic (exact) mass is 521 g/mol. The fraction of sp³-hybridized carbons (Fsp3) is 0.0357. The minimum absolute atomic E-state index is 0.170. The van der Waals surface area contributed by atoms with Crippen LogP contribution in [0.5, 0.6) is 0 Å². The Labute approximate surface area is 219 Å². The number of aromatic nitrogens is 4. The van der Waals surface area contributed by atoms with E-state index in [-0.39, 0.29) is 16.9 Å². The third kappa shape index (κ3) is 4.83. The van der Waals surface area contributed by atoms with Crippen molar-refractivity contribution in [1.29, 1.82) is 0 Å². The Morgan fingerprint density at radius 2 is 1.54 bits per heavy atom. The third-order valence-electron chi connectivity index (χ3n) is 5.75. The zero-order valence-electron chi connectivity index (χ0n) is 20.2. The first-order valence-electron chi connectivity index (χ1n) is 11.8. The van der Waals surface area contributed by atoms with Gasteiger partial charge >= 0.3 is 5.97 Å². The number of carbonyl (C=O) groups excluding carboxylic acids is 2. The Bertz CT molecular complexity index is 1840. The Balaban J connectivity index is 1.18. The lowest BCUT2D eigenvalue weighted by molar-refractivity contribution is -0.119. The molecule has 0 unspecified atom stereocenters. The number of furan rings is 2. The molecule has 11 heteroatoms. The summed E-state index contributed by atoms with van der Waals surface area (Å²) in [5.41, 5.74) is 2.34. The van der Waals surface area contributed by atoms with E-state index < -0.39 is 18.5 Å². The van der Waals surface area contributed by atoms with Crippen LogP contribution >= 0.6 is 0 Å². The molecule has 0 fully saturated rings. The first kappa shape index (κ1) is 23.7. The van der Waals surface area contributed by atoms with Gasteiger partial charge in [-0.3, -0.25) is 14.7 Å². The van der Waals surface area contributed by atoms with Crippen LogP contribution < -0.4 is 10.9 Å². The van der Waals surface area contributed by atoms with Crippen molar-refractivity contribution in [2.45, 2.75) is 0 Å². The van der Waals surface area contributed by atoms with Gasteiger partial charge in [-0.25, -0.2) is 19.4 Å². The number of rotatable bonds is 7. The number of ether oxygens (including phenoxy) is 1. The molecule has 39 heavy (non-hydrogen) atoms. The van der Waals surface area contributed by atoms with Gasteiger partial charge in [0.05, 0.1) is 34.8 Å². The van der Waals surface area contributed by atoms with Crippen molar-refractivity contribution < 1.29 is 23.2 Å². The minimum atomic E-state index is -0.723. The first-order chi connectivity index (χ1) is 19.0. The molecule has 6 rings (SSSR count). The summed E-state index contributed by atoms with van der Waals surface area (Å²) >= 11 is 0. The molecule has 0 bridgehead atoms. The van der Waals surface area contributed by atoms with Crippen molar-refractivity contribution >= 4 is 28.7 Å². The molecule has 192 valence electrons. The summed E-state index contributed by atoms with van der Waals surface area (Å²) in [6, 6.07) is 21.8. The minimum Gasteiger partial charge on any atom is -0.463 e. The molecule has 1 amide bonds. The van der Waals surface area contributed by atoms with Crippen molar-refractivity contribution in [2.24, 2.45) is 0 Å². The molecule has 2 aromatic carbocycles. The fourth-order valence-corrected chi connectivity index (χ4v) is 3.98. The average Bonchev–Trinajstić information content (AvgIpc) is 3.74. The summed E-state index contributed by atoms with van der Waals surface area (Å²) in [5.74, 6) is -0.165. The number of aromatic amines is 1. The smallest absolute Gasteiger partial charge is 0.338 e. The van der Waals surface area contributed by atoms with Crippen molar-refractivity contribution in [3.8, 4) is 28.6 Å². The summed E-state index contributed by atoms with van der Waals surface area (Å²) in [7, 11) is 0. The number of nitrogens with zero attached hydrogens (tertiary/aromatic N) is 3. The second-order valence-electron chi connectivity index (χ2n) is 8.38. The molecule has 11 nitrogen and oxygen atoms in total. The van der Waals surface area contributed by atoms with Crippen molar-refractivity contribution in [1.82, 2.24) is 19.7 Å². The lowest BCUT2D eigenvalue weighted by atomic mass is 10.1. The van der Waals surface area contributed by atoms with Gasteiger partial charge in [0.1, 0.15) is 17.2 Å². The Morgan fingerprint density at radius 3 is 2.21 bits per heavy atom. The van der Waals surface area contributed by atoms with E-state index in [1.165, 1.54) is 29.1 Å². The lowest BCUT2D eigenvalue weighted by Gasteiger charge is -2.08. The quantitative estimate of drug-likeness (QED) is 0.294. The van der Waals surface area contributed by atoms with E-state index in [0.29, 0.717) is 39.6 Å². The van der Waals surface area contributed by atoms with Crippen LogP contribution in [0.15, 0.2) is 105 Å². The SMILES string of the molecule is O=C(COC(=O)c1ccc2nc(-c3ccco3)c(-c3ccco3)nc2c1)Nc1cc(=O)n(-c2ccccc2)[nH]1. The first-order valence-corrected chi connectivity index (χ1v) is 11.8. The number of anilines is 1. The third-order valence-corrected chi connectivity index (χ3v) is 5.75. The molecule has 4 aromatic heterocycles. The van der Waals surface area contributed by atoms with Gasteiger partial charge in [-0.2, -0.15) is 0 Å². The Hall–Kier alpha value is -5.71. The molecule has 0 aliphatic heterocycles. The second-order valence-corrected chi connectivity index (χ2v) is 8.38. The van der Waals surface area contributed by atoms with Crippen LogP contribution in [0.4, 0.5) is 5.82 Å². The van der Waals surface area contributed by atoms with E-state index in [9.17, 15) is 14.4 Å². The molecule has 0 saturated carbocycles. The van der Waals surface area contributed by atoms with Crippen molar-refractivity contribution in [2.75, 3.05) is 11.9 Å². The number of hydrogen-bond donors (Lipinski definition) is 2. The topological polar surface area (TPSA) is 145 Å². The lowest BCUT2D eigenvalue weighted by Crippen LogP contribution is -2.21. The summed E-state index contributed by atoms with van der Waals surface area (Å²) in [6.45, 7) is -0.559. The van der Waals surface area contributed by atoms with Gasteiger partial charge in [0, 0.05) is 6.07 Å². The molecule has 6 aromatic rings. The number of fused-ring (bicyclic) bond motifs is 1. The van der Waals surface area contributed by atoms with Crippen molar-refractivity contribution in [3.05, 3.63) is 107 Å². The number of benzene rings is 2. The molecular weight excluding hydrogens is 502 g/mol. The standard InChI is InChI=1S/C28H19N5O6/c34-24(31-23-15-25(35)33(32-23)18-6-2-1-3-7-18)16-39-28(36)17-10-11-19-20(14-17)30-27(22-9-5-13-38-22)26(29-19)21-8-4-12-37-21/h1-15,32H,16H2,(H,31,34). The number of para-hydroxylation sites is 1. The van der Waals surface area contributed by atoms with Crippen LogP contribution in [0.1, 0.15) is 10.4 Å². The molecular formula is C28H19N5O6. The second kappa shape index (κ2) is 9.98. The number of carbonyl (C=O) groups is 2. The molecule has 2 N–H and O–H groups in total. The van der Waals surface area contributed by atoms with E-state index in [1.54, 1.807) is 60.9 Å². The molecule has 0 spiro atoms. The number of esters is 1. The van der Waals surface area contributed by atoms with E-state index >= 15 is 0 Å². The number of hydrogen-bond acceptors (Lipinski definition) is 8. The van der Waals surface area contributed by atoms with E-state index in [4.69, 9.17) is 13.6 Å². The number of nitrogens with one attached hydrogen (secondary N) is 2. The highest BCUT2D eigenvalue weighted by molar-refractivity contribution is 5.97. The van der Waals surface area contributed by atoms with Gasteiger partial charge in [0.25, 0.3) is 11.5 Å². The molecule has 4 heterocycles. The average molecular weight is 521 g/mol. The Morgan fingerprint density at radius 1 is 0.846 bits per heavy atom. The van der Waals surface area contributed by atoms with Crippen LogP contribution in [-0.4, -0.2) is 38.2 Å². The largest absolute Gasteiger partial charge is 0.463 e. The van der Waals surface area contributed by atoms with Gasteiger partial charge < -0.3 is 18.9 Å². The highest BCUT2D eigenvalue weighted by atomic mass is 16.5. The van der Waals surface area contributed by atoms with Gasteiger partial charge in [0.2, 0.25) is 0 Å². The van der Waals surface area contributed by atoms with Crippen LogP contribution in [0.3, 0.4) is 0 Å². The maximum absolute atomic E-state index is 12.7. The van der Waals surface area contributed by atoms with Crippen LogP contribution in [0, 0.1) is 0 Å².